The van der Waals surface area contributed by atoms with E-state index in [0.29, 0.717) is 0 Å². The van der Waals surface area contributed by atoms with Crippen LogP contribution in [0.25, 0.3) is 0 Å². The Morgan fingerprint density at radius 3 is 2.07 bits per heavy atom. The van der Waals surface area contributed by atoms with Gasteiger partial charge in [-0.2, -0.15) is 0 Å². The van der Waals surface area contributed by atoms with Crippen LogP contribution >= 0.6 is 0 Å². The molecule has 0 spiro atoms. The number of ether oxygens (including phenoxy) is 1. The molecule has 0 aromatic heterocycles. The van der Waals surface area contributed by atoms with Crippen molar-refractivity contribution in [1.29, 1.82) is 0 Å². The molecule has 0 radical (unpaired) electrons. The fraction of sp³-hybridized carbons (Fsp3) is 0.818. The molecule has 0 N–H and O–H groups in total. The van der Waals surface area contributed by atoms with Crippen LogP contribution in [0.4, 0.5) is 0 Å². The van der Waals surface area contributed by atoms with Gasteiger partial charge in [-0.25, -0.2) is 0 Å². The van der Waals surface area contributed by atoms with Crippen molar-refractivity contribution in [3.63, 3.8) is 0 Å². The second-order valence-electron chi connectivity index (χ2n) is 5.33. The van der Waals surface area contributed by atoms with Crippen molar-refractivity contribution in [3.8, 4) is 0 Å². The van der Waals surface area contributed by atoms with Gasteiger partial charge in [0.1, 0.15) is 6.61 Å². The van der Waals surface area contributed by atoms with Gasteiger partial charge < -0.3 is 4.74 Å². The van der Waals surface area contributed by atoms with E-state index in [2.05, 4.69) is 4.99 Å². The first-order valence-corrected chi connectivity index (χ1v) is 4.84. The van der Waals surface area contributed by atoms with Crippen LogP contribution in [-0.2, 0) is 9.53 Å². The zero-order chi connectivity index (χ0) is 11.4. The van der Waals surface area contributed by atoms with E-state index in [1.54, 1.807) is 6.21 Å². The molecule has 3 nitrogen and oxygen atoms in total. The summed E-state index contributed by atoms with van der Waals surface area (Å²) in [6, 6.07) is 0. The molecule has 82 valence electrons. The lowest BCUT2D eigenvalue weighted by Crippen LogP contribution is -2.24. The van der Waals surface area contributed by atoms with Gasteiger partial charge in [0.2, 0.25) is 0 Å². The summed E-state index contributed by atoms with van der Waals surface area (Å²) in [5.41, 5.74) is -0.538. The van der Waals surface area contributed by atoms with Crippen LogP contribution in [-0.4, -0.2) is 24.3 Å². The molecule has 0 rings (SSSR count). The first-order chi connectivity index (χ1) is 6.13. The lowest BCUT2D eigenvalue weighted by Gasteiger charge is -2.16. The van der Waals surface area contributed by atoms with Gasteiger partial charge in [-0.3, -0.25) is 9.79 Å². The highest BCUT2D eigenvalue weighted by atomic mass is 16.5. The molecule has 0 amide bonds. The number of carbonyl (C=O) groups excluding carboxylic acids is 1. The Morgan fingerprint density at radius 2 is 1.71 bits per heavy atom. The Balaban J connectivity index is 3.88. The highest BCUT2D eigenvalue weighted by Gasteiger charge is 2.22. The highest BCUT2D eigenvalue weighted by molar-refractivity contribution is 5.77. The molecule has 0 bridgehead atoms. The average molecular weight is 199 g/mol. The molecule has 0 aliphatic carbocycles. The Labute approximate surface area is 86.6 Å². The summed E-state index contributed by atoms with van der Waals surface area (Å²) in [4.78, 5) is 15.5. The minimum Gasteiger partial charge on any atom is -0.459 e. The second kappa shape index (κ2) is 4.58. The molecule has 0 saturated carbocycles. The Kier molecular flexibility index (Phi) is 4.30. The number of aliphatic imine (C=N–C) groups is 1. The van der Waals surface area contributed by atoms with Crippen LogP contribution in [0.1, 0.15) is 41.5 Å². The van der Waals surface area contributed by atoms with Crippen LogP contribution in [0.15, 0.2) is 4.99 Å². The molecule has 0 aliphatic heterocycles. The van der Waals surface area contributed by atoms with E-state index in [0.717, 1.165) is 0 Å². The molecular formula is C11H21NO2. The smallest absolute Gasteiger partial charge is 0.311 e. The van der Waals surface area contributed by atoms with E-state index in [1.165, 1.54) is 0 Å². The molecule has 14 heavy (non-hydrogen) atoms. The predicted octanol–water partition coefficient (Wildman–Crippen LogP) is 2.45. The number of hydrogen-bond acceptors (Lipinski definition) is 3. The number of rotatable bonds is 2. The topological polar surface area (TPSA) is 38.7 Å². The van der Waals surface area contributed by atoms with Crippen molar-refractivity contribution in [3.05, 3.63) is 0 Å². The lowest BCUT2D eigenvalue weighted by molar-refractivity contribution is -0.150. The van der Waals surface area contributed by atoms with E-state index in [9.17, 15) is 4.79 Å². The van der Waals surface area contributed by atoms with Crippen molar-refractivity contribution in [2.45, 2.75) is 47.1 Å². The molecule has 0 heterocycles. The van der Waals surface area contributed by atoms with Gasteiger partial charge in [0.15, 0.2) is 0 Å². The number of carbonyl (C=O) groups is 1. The Morgan fingerprint density at radius 1 is 1.21 bits per heavy atom. The zero-order valence-electron chi connectivity index (χ0n) is 10.0. The third-order valence-corrected chi connectivity index (χ3v) is 1.38. The highest BCUT2D eigenvalue weighted by Crippen LogP contribution is 2.14. The zero-order valence-corrected chi connectivity index (χ0v) is 10.0. The largest absolute Gasteiger partial charge is 0.459 e. The predicted molar refractivity (Wildman–Crippen MR) is 58.7 cm³/mol. The summed E-state index contributed by atoms with van der Waals surface area (Å²) in [6.07, 6.45) is 1.64. The quantitative estimate of drug-likeness (QED) is 0.506. The normalized spacial score (nSPS) is 13.3. The molecule has 0 atom stereocenters. The van der Waals surface area contributed by atoms with Crippen molar-refractivity contribution >= 4 is 12.2 Å². The van der Waals surface area contributed by atoms with Crippen molar-refractivity contribution in [1.82, 2.24) is 0 Å². The van der Waals surface area contributed by atoms with E-state index in [1.807, 2.05) is 41.5 Å². The summed E-state index contributed by atoms with van der Waals surface area (Å²) < 4.78 is 5.01. The van der Waals surface area contributed by atoms with Crippen LogP contribution in [0.5, 0.6) is 0 Å². The van der Waals surface area contributed by atoms with Gasteiger partial charge in [-0.05, 0) is 41.5 Å². The summed E-state index contributed by atoms with van der Waals surface area (Å²) in [5, 5.41) is 0. The van der Waals surface area contributed by atoms with E-state index in [4.69, 9.17) is 4.74 Å². The Bertz CT molecular complexity index is 218. The number of hydrogen-bond donors (Lipinski definition) is 0. The minimum absolute atomic E-state index is 0.103. The van der Waals surface area contributed by atoms with Crippen LogP contribution in [0.2, 0.25) is 0 Å². The molecule has 3 heteroatoms. The number of esters is 1. The van der Waals surface area contributed by atoms with E-state index >= 15 is 0 Å². The third kappa shape index (κ3) is 6.63. The standard InChI is InChI=1S/C11H21NO2/c1-10(2,3)9(13)14-8-7-12-11(4,5)6/h7H,8H2,1-6H3. The van der Waals surface area contributed by atoms with Crippen LogP contribution in [0.3, 0.4) is 0 Å². The van der Waals surface area contributed by atoms with Crippen molar-refractivity contribution < 1.29 is 9.53 Å². The van der Waals surface area contributed by atoms with Crippen molar-refractivity contribution in [2.75, 3.05) is 6.61 Å². The summed E-state index contributed by atoms with van der Waals surface area (Å²) in [6.45, 7) is 11.7. The molecule has 0 aromatic carbocycles. The lowest BCUT2D eigenvalue weighted by atomic mass is 9.97. The summed E-state index contributed by atoms with van der Waals surface area (Å²) >= 11 is 0. The van der Waals surface area contributed by atoms with Crippen LogP contribution in [0, 0.1) is 5.41 Å². The Hall–Kier alpha value is -0.860. The first kappa shape index (κ1) is 13.1. The third-order valence-electron chi connectivity index (χ3n) is 1.38. The average Bonchev–Trinajstić information content (AvgIpc) is 1.93. The van der Waals surface area contributed by atoms with E-state index in [-0.39, 0.29) is 18.1 Å². The fourth-order valence-corrected chi connectivity index (χ4v) is 0.641. The molecule has 0 unspecified atom stereocenters. The van der Waals surface area contributed by atoms with Gasteiger partial charge in [-0.1, -0.05) is 0 Å². The second-order valence-corrected chi connectivity index (χ2v) is 5.33. The maximum atomic E-state index is 11.3. The summed E-state index contributed by atoms with van der Waals surface area (Å²) in [7, 11) is 0. The maximum absolute atomic E-state index is 11.3. The SMILES string of the molecule is CC(C)(C)N=CCOC(=O)C(C)(C)C. The summed E-state index contributed by atoms with van der Waals surface area (Å²) in [5.74, 6) is -0.196. The van der Waals surface area contributed by atoms with Crippen molar-refractivity contribution in [2.24, 2.45) is 10.4 Å². The van der Waals surface area contributed by atoms with Crippen LogP contribution < -0.4 is 0 Å². The van der Waals surface area contributed by atoms with Gasteiger partial charge in [0.25, 0.3) is 0 Å². The monoisotopic (exact) mass is 199 g/mol. The first-order valence-electron chi connectivity index (χ1n) is 4.84. The van der Waals surface area contributed by atoms with Gasteiger partial charge in [0.05, 0.1) is 11.0 Å². The molecule has 0 aliphatic rings. The maximum Gasteiger partial charge on any atom is 0.311 e. The molecule has 0 saturated heterocycles. The van der Waals surface area contributed by atoms with E-state index < -0.39 is 5.41 Å². The van der Waals surface area contributed by atoms with Gasteiger partial charge in [0, 0.05) is 6.21 Å². The fourth-order valence-electron chi connectivity index (χ4n) is 0.641. The number of nitrogens with zero attached hydrogens (tertiary/aromatic N) is 1. The molecule has 0 aromatic rings. The molecular weight excluding hydrogens is 178 g/mol. The minimum atomic E-state index is -0.435. The molecule has 0 fully saturated rings. The van der Waals surface area contributed by atoms with Gasteiger partial charge in [-0.15, -0.1) is 0 Å². The van der Waals surface area contributed by atoms with Gasteiger partial charge >= 0.3 is 5.97 Å².